The number of carbonyl (C=O) groups is 1. The predicted octanol–water partition coefficient (Wildman–Crippen LogP) is 2.71. The molecule has 3 nitrogen and oxygen atoms in total. The molecule has 1 aromatic rings. The van der Waals surface area contributed by atoms with Crippen LogP contribution in [-0.2, 0) is 4.79 Å². The third-order valence-electron chi connectivity index (χ3n) is 2.66. The Morgan fingerprint density at radius 2 is 2.18 bits per heavy atom. The van der Waals surface area contributed by atoms with E-state index < -0.39 is 0 Å². The largest absolute Gasteiger partial charge is 0.484 e. The Morgan fingerprint density at radius 1 is 1.47 bits per heavy atom. The molecule has 0 radical (unpaired) electrons. The fourth-order valence-corrected chi connectivity index (χ4v) is 2.39. The molecule has 0 aliphatic carbocycles. The number of halogens is 2. The van der Waals surface area contributed by atoms with Crippen molar-refractivity contribution >= 4 is 33.4 Å². The number of alkyl halides is 1. The molecule has 17 heavy (non-hydrogen) atoms. The van der Waals surface area contributed by atoms with Crippen molar-refractivity contribution in [1.82, 2.24) is 4.90 Å². The molecule has 0 N–H and O–H groups in total. The molecule has 1 fully saturated rings. The average Bonchev–Trinajstić information content (AvgIpc) is 2.75. The lowest BCUT2D eigenvalue weighted by molar-refractivity contribution is -0.132. The summed E-state index contributed by atoms with van der Waals surface area (Å²) in [5.74, 6) is 0.694. The monoisotopic (exact) mass is 317 g/mol. The molecule has 0 spiro atoms. The summed E-state index contributed by atoms with van der Waals surface area (Å²) in [6.07, 6.45) is 1.01. The van der Waals surface area contributed by atoms with Gasteiger partial charge in [-0.15, -0.1) is 0 Å². The smallest absolute Gasteiger partial charge is 0.260 e. The van der Waals surface area contributed by atoms with E-state index in [0.717, 1.165) is 19.5 Å². The normalized spacial score (nSPS) is 19.4. The fraction of sp³-hybridized carbons (Fsp3) is 0.417. The number of likely N-dealkylation sites (tertiary alicyclic amines) is 1. The van der Waals surface area contributed by atoms with Gasteiger partial charge in [0.05, 0.1) is 0 Å². The first-order valence-electron chi connectivity index (χ1n) is 5.45. The minimum Gasteiger partial charge on any atom is -0.484 e. The van der Waals surface area contributed by atoms with Crippen molar-refractivity contribution in [2.45, 2.75) is 11.2 Å². The van der Waals surface area contributed by atoms with Crippen LogP contribution in [0.1, 0.15) is 6.42 Å². The molecule has 1 atom stereocenters. The topological polar surface area (TPSA) is 29.5 Å². The zero-order chi connectivity index (χ0) is 12.3. The van der Waals surface area contributed by atoms with Gasteiger partial charge < -0.3 is 9.64 Å². The number of benzene rings is 1. The molecule has 1 amide bonds. The summed E-state index contributed by atoms with van der Waals surface area (Å²) in [6.45, 7) is 1.66. The van der Waals surface area contributed by atoms with Crippen LogP contribution >= 0.6 is 27.5 Å². The Hall–Kier alpha value is -0.740. The SMILES string of the molecule is O=C(COc1ccc(Cl)cc1)N1CCC(Br)C1. The first-order chi connectivity index (χ1) is 8.15. The number of hydrogen-bond donors (Lipinski definition) is 0. The Bertz CT molecular complexity index is 396. The lowest BCUT2D eigenvalue weighted by atomic mass is 10.3. The lowest BCUT2D eigenvalue weighted by Crippen LogP contribution is -2.33. The fourth-order valence-electron chi connectivity index (χ4n) is 1.71. The van der Waals surface area contributed by atoms with Crippen LogP contribution in [0.4, 0.5) is 0 Å². The van der Waals surface area contributed by atoms with Gasteiger partial charge in [-0.2, -0.15) is 0 Å². The van der Waals surface area contributed by atoms with Crippen LogP contribution in [0.3, 0.4) is 0 Å². The van der Waals surface area contributed by atoms with Crippen LogP contribution in [-0.4, -0.2) is 35.3 Å². The molecule has 0 saturated carbocycles. The van der Waals surface area contributed by atoms with Gasteiger partial charge in [0.2, 0.25) is 0 Å². The van der Waals surface area contributed by atoms with Gasteiger partial charge in [0.25, 0.3) is 5.91 Å². The van der Waals surface area contributed by atoms with Gasteiger partial charge in [-0.25, -0.2) is 0 Å². The van der Waals surface area contributed by atoms with Gasteiger partial charge in [0.1, 0.15) is 5.75 Å². The number of rotatable bonds is 3. The second-order valence-corrected chi connectivity index (χ2v) is 5.70. The van der Waals surface area contributed by atoms with Gasteiger partial charge in [-0.3, -0.25) is 4.79 Å². The van der Waals surface area contributed by atoms with Crippen molar-refractivity contribution in [2.75, 3.05) is 19.7 Å². The molecule has 1 aromatic carbocycles. The Kier molecular flexibility index (Phi) is 4.29. The second-order valence-electron chi connectivity index (χ2n) is 3.97. The maximum atomic E-state index is 11.8. The molecular weight excluding hydrogens is 305 g/mol. The molecule has 2 rings (SSSR count). The van der Waals surface area contributed by atoms with E-state index in [0.29, 0.717) is 15.6 Å². The number of nitrogens with zero attached hydrogens (tertiary/aromatic N) is 1. The van der Waals surface area contributed by atoms with Crippen LogP contribution in [0.25, 0.3) is 0 Å². The van der Waals surface area contributed by atoms with Crippen LogP contribution in [0.2, 0.25) is 5.02 Å². The molecule has 0 aromatic heterocycles. The number of hydrogen-bond acceptors (Lipinski definition) is 2. The first-order valence-corrected chi connectivity index (χ1v) is 6.75. The molecule has 1 aliphatic heterocycles. The summed E-state index contributed by atoms with van der Waals surface area (Å²) in [5, 5.41) is 0.658. The minimum absolute atomic E-state index is 0.0295. The van der Waals surface area contributed by atoms with E-state index in [1.807, 2.05) is 4.90 Å². The number of carbonyl (C=O) groups excluding carboxylic acids is 1. The molecule has 92 valence electrons. The molecule has 1 unspecified atom stereocenters. The highest BCUT2D eigenvalue weighted by Crippen LogP contribution is 2.18. The zero-order valence-electron chi connectivity index (χ0n) is 9.23. The Balaban J connectivity index is 1.82. The van der Waals surface area contributed by atoms with Crippen molar-refractivity contribution in [3.8, 4) is 5.75 Å². The third kappa shape index (κ3) is 3.61. The first kappa shape index (κ1) is 12.7. The highest BCUT2D eigenvalue weighted by atomic mass is 79.9. The van der Waals surface area contributed by atoms with Crippen LogP contribution in [0, 0.1) is 0 Å². The molecule has 0 bridgehead atoms. The van der Waals surface area contributed by atoms with Crippen LogP contribution in [0.15, 0.2) is 24.3 Å². The Labute approximate surface area is 114 Å². The second kappa shape index (κ2) is 5.74. The minimum atomic E-state index is 0.0295. The third-order valence-corrected chi connectivity index (χ3v) is 3.66. The van der Waals surface area contributed by atoms with E-state index in [2.05, 4.69) is 15.9 Å². The summed E-state index contributed by atoms with van der Waals surface area (Å²) in [6, 6.07) is 7.00. The summed E-state index contributed by atoms with van der Waals surface area (Å²) in [4.78, 5) is 14.0. The van der Waals surface area contributed by atoms with Gasteiger partial charge in [-0.05, 0) is 30.7 Å². The maximum absolute atomic E-state index is 11.8. The summed E-state index contributed by atoms with van der Waals surface area (Å²) in [7, 11) is 0. The summed E-state index contributed by atoms with van der Waals surface area (Å²) >= 11 is 9.26. The summed E-state index contributed by atoms with van der Waals surface area (Å²) in [5.41, 5.74) is 0. The van der Waals surface area contributed by atoms with Crippen molar-refractivity contribution < 1.29 is 9.53 Å². The van der Waals surface area contributed by atoms with Crippen LogP contribution in [0.5, 0.6) is 5.75 Å². The molecule has 1 heterocycles. The van der Waals surface area contributed by atoms with Gasteiger partial charge >= 0.3 is 0 Å². The van der Waals surface area contributed by atoms with E-state index in [4.69, 9.17) is 16.3 Å². The molecular formula is C12H13BrClNO2. The number of amides is 1. The van der Waals surface area contributed by atoms with E-state index in [1.165, 1.54) is 0 Å². The van der Waals surface area contributed by atoms with Gasteiger partial charge in [0.15, 0.2) is 6.61 Å². The molecule has 5 heteroatoms. The van der Waals surface area contributed by atoms with E-state index in [9.17, 15) is 4.79 Å². The quantitative estimate of drug-likeness (QED) is 0.802. The zero-order valence-corrected chi connectivity index (χ0v) is 11.6. The van der Waals surface area contributed by atoms with E-state index in [1.54, 1.807) is 24.3 Å². The highest BCUT2D eigenvalue weighted by molar-refractivity contribution is 9.09. The van der Waals surface area contributed by atoms with Crippen molar-refractivity contribution in [3.05, 3.63) is 29.3 Å². The molecule has 1 aliphatic rings. The average molecular weight is 319 g/mol. The Morgan fingerprint density at radius 3 is 2.76 bits per heavy atom. The van der Waals surface area contributed by atoms with E-state index in [-0.39, 0.29) is 12.5 Å². The van der Waals surface area contributed by atoms with Crippen molar-refractivity contribution in [2.24, 2.45) is 0 Å². The summed E-state index contributed by atoms with van der Waals surface area (Å²) < 4.78 is 5.41. The standard InChI is InChI=1S/C12H13BrClNO2/c13-9-5-6-15(7-9)12(16)8-17-11-3-1-10(14)2-4-11/h1-4,9H,5-8H2. The van der Waals surface area contributed by atoms with E-state index >= 15 is 0 Å². The van der Waals surface area contributed by atoms with Gasteiger partial charge in [-0.1, -0.05) is 27.5 Å². The predicted molar refractivity (Wildman–Crippen MR) is 70.9 cm³/mol. The van der Waals surface area contributed by atoms with Crippen molar-refractivity contribution in [3.63, 3.8) is 0 Å². The number of ether oxygens (including phenoxy) is 1. The lowest BCUT2D eigenvalue weighted by Gasteiger charge is -2.15. The van der Waals surface area contributed by atoms with Gasteiger partial charge in [0, 0.05) is 22.9 Å². The highest BCUT2D eigenvalue weighted by Gasteiger charge is 2.24. The van der Waals surface area contributed by atoms with Crippen molar-refractivity contribution in [1.29, 1.82) is 0 Å². The van der Waals surface area contributed by atoms with Crippen LogP contribution < -0.4 is 4.74 Å². The maximum Gasteiger partial charge on any atom is 0.260 e. The molecule has 1 saturated heterocycles.